The van der Waals surface area contributed by atoms with Gasteiger partial charge in [-0.05, 0) is 24.6 Å². The highest BCUT2D eigenvalue weighted by Crippen LogP contribution is 2.21. The van der Waals surface area contributed by atoms with Gasteiger partial charge in [-0.25, -0.2) is 4.39 Å². The van der Waals surface area contributed by atoms with Crippen LogP contribution in [0.3, 0.4) is 0 Å². The standard InChI is InChI=1S/C9H9FO3/c1-5-2-8(11)6(3-7(5)10)4-9(12)13/h2-3,11H,4H2,1H3,(H,12,13). The second-order valence-electron chi connectivity index (χ2n) is 2.80. The third kappa shape index (κ3) is 2.18. The van der Waals surface area contributed by atoms with Gasteiger partial charge in [0.1, 0.15) is 11.6 Å². The Morgan fingerprint density at radius 1 is 1.54 bits per heavy atom. The van der Waals surface area contributed by atoms with Crippen LogP contribution < -0.4 is 0 Å². The minimum Gasteiger partial charge on any atom is -0.508 e. The smallest absolute Gasteiger partial charge is 0.307 e. The molecule has 0 aliphatic rings. The number of aliphatic carboxylic acids is 1. The third-order valence-corrected chi connectivity index (χ3v) is 1.70. The number of carbonyl (C=O) groups is 1. The lowest BCUT2D eigenvalue weighted by Crippen LogP contribution is -2.01. The summed E-state index contributed by atoms with van der Waals surface area (Å²) in [5, 5.41) is 17.7. The molecule has 70 valence electrons. The molecular formula is C9H9FO3. The fourth-order valence-electron chi connectivity index (χ4n) is 1.01. The molecule has 1 rings (SSSR count). The fourth-order valence-corrected chi connectivity index (χ4v) is 1.01. The monoisotopic (exact) mass is 184 g/mol. The molecule has 0 bridgehead atoms. The van der Waals surface area contributed by atoms with E-state index in [9.17, 15) is 14.3 Å². The zero-order valence-electron chi connectivity index (χ0n) is 7.04. The number of carboxylic acid groups (broad SMARTS) is 1. The topological polar surface area (TPSA) is 57.5 Å². The molecule has 0 saturated carbocycles. The number of phenols is 1. The molecule has 0 atom stereocenters. The van der Waals surface area contributed by atoms with Crippen molar-refractivity contribution in [1.82, 2.24) is 0 Å². The summed E-state index contributed by atoms with van der Waals surface area (Å²) in [7, 11) is 0. The summed E-state index contributed by atoms with van der Waals surface area (Å²) in [6.07, 6.45) is -0.372. The Kier molecular flexibility index (Phi) is 2.51. The van der Waals surface area contributed by atoms with Crippen molar-refractivity contribution in [2.45, 2.75) is 13.3 Å². The average molecular weight is 184 g/mol. The van der Waals surface area contributed by atoms with Crippen molar-refractivity contribution in [2.75, 3.05) is 0 Å². The first-order valence-corrected chi connectivity index (χ1v) is 3.70. The second kappa shape index (κ2) is 3.43. The van der Waals surface area contributed by atoms with Gasteiger partial charge >= 0.3 is 5.97 Å². The predicted octanol–water partition coefficient (Wildman–Crippen LogP) is 1.47. The Morgan fingerprint density at radius 3 is 2.69 bits per heavy atom. The number of hydrogen-bond acceptors (Lipinski definition) is 2. The molecule has 1 aromatic rings. The van der Waals surface area contributed by atoms with Crippen LogP contribution in [0.25, 0.3) is 0 Å². The molecule has 2 N–H and O–H groups in total. The Balaban J connectivity index is 3.08. The van der Waals surface area contributed by atoms with E-state index in [-0.39, 0.29) is 17.7 Å². The molecular weight excluding hydrogens is 175 g/mol. The zero-order chi connectivity index (χ0) is 10.0. The summed E-state index contributed by atoms with van der Waals surface area (Å²) in [6, 6.07) is 2.26. The van der Waals surface area contributed by atoms with Gasteiger partial charge in [0.15, 0.2) is 0 Å². The van der Waals surface area contributed by atoms with Crippen LogP contribution in [0.2, 0.25) is 0 Å². The van der Waals surface area contributed by atoms with Crippen LogP contribution in [0.1, 0.15) is 11.1 Å². The minimum atomic E-state index is -1.10. The van der Waals surface area contributed by atoms with E-state index in [0.29, 0.717) is 5.56 Å². The number of aryl methyl sites for hydroxylation is 1. The number of carboxylic acids is 1. The average Bonchev–Trinajstić information content (AvgIpc) is 1.99. The molecule has 0 spiro atoms. The maximum absolute atomic E-state index is 12.9. The van der Waals surface area contributed by atoms with Gasteiger partial charge in [-0.3, -0.25) is 4.79 Å². The lowest BCUT2D eigenvalue weighted by molar-refractivity contribution is -0.136. The van der Waals surface area contributed by atoms with Gasteiger partial charge in [0.2, 0.25) is 0 Å². The highest BCUT2D eigenvalue weighted by Gasteiger charge is 2.09. The number of hydrogen-bond donors (Lipinski definition) is 2. The van der Waals surface area contributed by atoms with Gasteiger partial charge < -0.3 is 10.2 Å². The van der Waals surface area contributed by atoms with E-state index in [1.807, 2.05) is 0 Å². The van der Waals surface area contributed by atoms with E-state index in [1.165, 1.54) is 13.0 Å². The SMILES string of the molecule is Cc1cc(O)c(CC(=O)O)cc1F. The Bertz CT molecular complexity index is 347. The van der Waals surface area contributed by atoms with Crippen molar-refractivity contribution in [3.63, 3.8) is 0 Å². The number of phenolic OH excluding ortho intramolecular Hbond substituents is 1. The van der Waals surface area contributed by atoms with E-state index in [2.05, 4.69) is 0 Å². The summed E-state index contributed by atoms with van der Waals surface area (Å²) in [5.74, 6) is -1.78. The predicted molar refractivity (Wildman–Crippen MR) is 44.1 cm³/mol. The first-order valence-electron chi connectivity index (χ1n) is 3.70. The van der Waals surface area contributed by atoms with Gasteiger partial charge in [0.05, 0.1) is 6.42 Å². The Labute approximate surface area is 74.4 Å². The number of aromatic hydroxyl groups is 1. The van der Waals surface area contributed by atoms with Gasteiger partial charge in [-0.1, -0.05) is 0 Å². The third-order valence-electron chi connectivity index (χ3n) is 1.70. The summed E-state index contributed by atoms with van der Waals surface area (Å²) in [4.78, 5) is 10.3. The molecule has 3 nitrogen and oxygen atoms in total. The van der Waals surface area contributed by atoms with Crippen LogP contribution >= 0.6 is 0 Å². The van der Waals surface area contributed by atoms with Crippen LogP contribution in [-0.2, 0) is 11.2 Å². The zero-order valence-corrected chi connectivity index (χ0v) is 7.04. The number of benzene rings is 1. The van der Waals surface area contributed by atoms with Gasteiger partial charge in [-0.15, -0.1) is 0 Å². The lowest BCUT2D eigenvalue weighted by atomic mass is 10.1. The van der Waals surface area contributed by atoms with Crippen LogP contribution in [0.4, 0.5) is 4.39 Å². The molecule has 0 unspecified atom stereocenters. The number of rotatable bonds is 2. The van der Waals surface area contributed by atoms with Crippen molar-refractivity contribution in [2.24, 2.45) is 0 Å². The highest BCUT2D eigenvalue weighted by molar-refractivity contribution is 5.71. The van der Waals surface area contributed by atoms with Crippen LogP contribution in [0.5, 0.6) is 5.75 Å². The van der Waals surface area contributed by atoms with Gasteiger partial charge in [-0.2, -0.15) is 0 Å². The maximum atomic E-state index is 12.9. The summed E-state index contributed by atoms with van der Waals surface area (Å²) in [5.41, 5.74) is 0.391. The highest BCUT2D eigenvalue weighted by atomic mass is 19.1. The van der Waals surface area contributed by atoms with E-state index < -0.39 is 11.8 Å². The normalized spacial score (nSPS) is 10.0. The van der Waals surface area contributed by atoms with Crippen molar-refractivity contribution in [3.05, 3.63) is 29.1 Å². The van der Waals surface area contributed by atoms with Crippen molar-refractivity contribution in [1.29, 1.82) is 0 Å². The molecule has 4 heteroatoms. The molecule has 1 aromatic carbocycles. The maximum Gasteiger partial charge on any atom is 0.307 e. The summed E-state index contributed by atoms with van der Waals surface area (Å²) >= 11 is 0. The van der Waals surface area contributed by atoms with E-state index in [1.54, 1.807) is 0 Å². The molecule has 0 aliphatic carbocycles. The summed E-state index contributed by atoms with van der Waals surface area (Å²) in [6.45, 7) is 1.50. The van der Waals surface area contributed by atoms with E-state index in [0.717, 1.165) is 6.07 Å². The van der Waals surface area contributed by atoms with Crippen LogP contribution in [0.15, 0.2) is 12.1 Å². The molecule has 0 radical (unpaired) electrons. The first-order chi connectivity index (χ1) is 6.00. The quantitative estimate of drug-likeness (QED) is 0.731. The lowest BCUT2D eigenvalue weighted by Gasteiger charge is -2.03. The second-order valence-corrected chi connectivity index (χ2v) is 2.80. The van der Waals surface area contributed by atoms with Crippen molar-refractivity contribution >= 4 is 5.97 Å². The van der Waals surface area contributed by atoms with Crippen LogP contribution in [0, 0.1) is 12.7 Å². The first kappa shape index (κ1) is 9.51. The molecule has 0 amide bonds. The van der Waals surface area contributed by atoms with Crippen LogP contribution in [-0.4, -0.2) is 16.2 Å². The van der Waals surface area contributed by atoms with Crippen molar-refractivity contribution < 1.29 is 19.4 Å². The van der Waals surface area contributed by atoms with Crippen molar-refractivity contribution in [3.8, 4) is 5.75 Å². The van der Waals surface area contributed by atoms with E-state index in [4.69, 9.17) is 5.11 Å². The Morgan fingerprint density at radius 2 is 2.15 bits per heavy atom. The largest absolute Gasteiger partial charge is 0.508 e. The molecule has 0 heterocycles. The molecule has 13 heavy (non-hydrogen) atoms. The molecule has 0 aromatic heterocycles. The molecule has 0 fully saturated rings. The Hall–Kier alpha value is -1.58. The molecule has 0 saturated heterocycles. The fraction of sp³-hybridized carbons (Fsp3) is 0.222. The summed E-state index contributed by atoms with van der Waals surface area (Å²) < 4.78 is 12.9. The molecule has 0 aliphatic heterocycles. The number of halogens is 1. The minimum absolute atomic E-state index is 0.0931. The van der Waals surface area contributed by atoms with Gasteiger partial charge in [0, 0.05) is 5.56 Å². The van der Waals surface area contributed by atoms with Gasteiger partial charge in [0.25, 0.3) is 0 Å². The van der Waals surface area contributed by atoms with E-state index >= 15 is 0 Å².